The molecule has 0 aliphatic carbocycles. The standard InChI is InChI=1S/C22H22Cl2N4O4/c1-11-17(23)18(24)20(25-11)21(29)26-12-6-8-28(9-7-12)15-10-14(22(30)31)27-19-13(15)4-3-5-16(19)32-2/h3-5,10,12,25H,6-9H2,1-2H3,(H,26,29)(H,30,31). The van der Waals surface area contributed by atoms with Crippen molar-refractivity contribution < 1.29 is 19.4 Å². The number of benzene rings is 1. The number of fused-ring (bicyclic) bond motifs is 1. The van der Waals surface area contributed by atoms with E-state index in [0.717, 1.165) is 11.1 Å². The number of piperidine rings is 1. The number of hydrogen-bond donors (Lipinski definition) is 3. The molecule has 0 unspecified atom stereocenters. The van der Waals surface area contributed by atoms with Crippen molar-refractivity contribution in [2.75, 3.05) is 25.1 Å². The lowest BCUT2D eigenvalue weighted by molar-refractivity contribution is 0.0690. The highest BCUT2D eigenvalue weighted by atomic mass is 35.5. The number of aryl methyl sites for hydroxylation is 1. The van der Waals surface area contributed by atoms with Crippen LogP contribution in [0.4, 0.5) is 5.69 Å². The smallest absolute Gasteiger partial charge is 0.354 e. The highest BCUT2D eigenvalue weighted by molar-refractivity contribution is 6.44. The van der Waals surface area contributed by atoms with E-state index in [4.69, 9.17) is 27.9 Å². The summed E-state index contributed by atoms with van der Waals surface area (Å²) in [5.41, 5.74) is 2.15. The molecule has 0 bridgehead atoms. The van der Waals surface area contributed by atoms with Gasteiger partial charge < -0.3 is 25.0 Å². The van der Waals surface area contributed by atoms with Crippen molar-refractivity contribution in [2.24, 2.45) is 0 Å². The van der Waals surface area contributed by atoms with E-state index in [9.17, 15) is 14.7 Å². The first-order valence-corrected chi connectivity index (χ1v) is 10.9. The van der Waals surface area contributed by atoms with Gasteiger partial charge in [-0.15, -0.1) is 0 Å². The number of methoxy groups -OCH3 is 1. The van der Waals surface area contributed by atoms with Crippen LogP contribution in [0.2, 0.25) is 10.0 Å². The highest BCUT2D eigenvalue weighted by Crippen LogP contribution is 2.34. The Morgan fingerprint density at radius 3 is 2.56 bits per heavy atom. The lowest BCUT2D eigenvalue weighted by Crippen LogP contribution is -2.45. The van der Waals surface area contributed by atoms with E-state index >= 15 is 0 Å². The van der Waals surface area contributed by atoms with Gasteiger partial charge in [-0.25, -0.2) is 9.78 Å². The number of carbonyl (C=O) groups is 2. The van der Waals surface area contributed by atoms with Crippen LogP contribution in [0.5, 0.6) is 5.75 Å². The number of aromatic carboxylic acids is 1. The van der Waals surface area contributed by atoms with E-state index in [1.807, 2.05) is 12.1 Å². The number of rotatable bonds is 5. The first-order chi connectivity index (χ1) is 15.3. The Hall–Kier alpha value is -2.97. The van der Waals surface area contributed by atoms with E-state index in [-0.39, 0.29) is 28.4 Å². The van der Waals surface area contributed by atoms with Gasteiger partial charge in [0, 0.05) is 35.9 Å². The molecule has 1 saturated heterocycles. The molecular weight excluding hydrogens is 455 g/mol. The zero-order valence-electron chi connectivity index (χ0n) is 17.5. The van der Waals surface area contributed by atoms with Crippen LogP contribution in [0.3, 0.4) is 0 Å². The predicted octanol–water partition coefficient (Wildman–Crippen LogP) is 4.28. The van der Waals surface area contributed by atoms with Crippen LogP contribution in [0, 0.1) is 6.92 Å². The van der Waals surface area contributed by atoms with E-state index in [2.05, 4.69) is 20.2 Å². The molecule has 0 radical (unpaired) electrons. The average molecular weight is 477 g/mol. The van der Waals surface area contributed by atoms with Crippen LogP contribution in [0.1, 0.15) is 39.5 Å². The van der Waals surface area contributed by atoms with Gasteiger partial charge in [0.25, 0.3) is 5.91 Å². The molecule has 1 fully saturated rings. The normalized spacial score (nSPS) is 14.6. The lowest BCUT2D eigenvalue weighted by Gasteiger charge is -2.34. The Morgan fingerprint density at radius 1 is 1.25 bits per heavy atom. The van der Waals surface area contributed by atoms with Gasteiger partial charge in [0.1, 0.15) is 17.0 Å². The largest absolute Gasteiger partial charge is 0.494 e. The number of pyridine rings is 1. The maximum absolute atomic E-state index is 12.6. The van der Waals surface area contributed by atoms with Crippen molar-refractivity contribution >= 4 is 51.7 Å². The number of carboxylic acid groups (broad SMARTS) is 1. The third-order valence-corrected chi connectivity index (χ3v) is 6.62. The topological polar surface area (TPSA) is 108 Å². The molecule has 168 valence electrons. The van der Waals surface area contributed by atoms with Gasteiger partial charge in [-0.1, -0.05) is 35.3 Å². The number of ether oxygens (including phenoxy) is 1. The molecule has 32 heavy (non-hydrogen) atoms. The summed E-state index contributed by atoms with van der Waals surface area (Å²) in [7, 11) is 1.53. The molecular formula is C22H22Cl2N4O4. The number of halogens is 2. The van der Waals surface area contributed by atoms with Gasteiger partial charge in [-0.3, -0.25) is 4.79 Å². The Bertz CT molecular complexity index is 1200. The SMILES string of the molecule is COc1cccc2c(N3CCC(NC(=O)c4[nH]c(C)c(Cl)c4Cl)CC3)cc(C(=O)O)nc12. The number of hydrogen-bond acceptors (Lipinski definition) is 5. The molecule has 0 saturated carbocycles. The van der Waals surface area contributed by atoms with Crippen LogP contribution in [0.25, 0.3) is 10.9 Å². The maximum Gasteiger partial charge on any atom is 0.354 e. The van der Waals surface area contributed by atoms with Gasteiger partial charge >= 0.3 is 5.97 Å². The Balaban J connectivity index is 1.53. The zero-order chi connectivity index (χ0) is 23.0. The first kappa shape index (κ1) is 22.2. The number of para-hydroxylation sites is 1. The molecule has 0 spiro atoms. The number of aromatic nitrogens is 2. The highest BCUT2D eigenvalue weighted by Gasteiger charge is 2.26. The van der Waals surface area contributed by atoms with Crippen molar-refractivity contribution in [3.8, 4) is 5.75 Å². The summed E-state index contributed by atoms with van der Waals surface area (Å²) in [5.74, 6) is -0.875. The second-order valence-electron chi connectivity index (χ2n) is 7.68. The van der Waals surface area contributed by atoms with Crippen molar-refractivity contribution in [3.63, 3.8) is 0 Å². The summed E-state index contributed by atoms with van der Waals surface area (Å²) in [6, 6.07) is 7.06. The number of amides is 1. The fourth-order valence-electron chi connectivity index (χ4n) is 3.99. The molecule has 3 heterocycles. The predicted molar refractivity (Wildman–Crippen MR) is 124 cm³/mol. The quantitative estimate of drug-likeness (QED) is 0.506. The maximum atomic E-state index is 12.6. The summed E-state index contributed by atoms with van der Waals surface area (Å²) in [4.78, 5) is 33.6. The molecule has 2 aromatic heterocycles. The number of carbonyl (C=O) groups excluding carboxylic acids is 1. The summed E-state index contributed by atoms with van der Waals surface area (Å²) in [5, 5.41) is 13.9. The van der Waals surface area contributed by atoms with Crippen molar-refractivity contribution in [1.29, 1.82) is 0 Å². The minimum absolute atomic E-state index is 0.0407. The number of aromatic amines is 1. The summed E-state index contributed by atoms with van der Waals surface area (Å²) in [6.07, 6.45) is 1.37. The van der Waals surface area contributed by atoms with Crippen molar-refractivity contribution in [2.45, 2.75) is 25.8 Å². The molecule has 8 nitrogen and oxygen atoms in total. The van der Waals surface area contributed by atoms with Crippen LogP contribution in [-0.2, 0) is 0 Å². The third kappa shape index (κ3) is 4.08. The summed E-state index contributed by atoms with van der Waals surface area (Å²) >= 11 is 12.2. The minimum atomic E-state index is -1.10. The van der Waals surface area contributed by atoms with Crippen molar-refractivity contribution in [1.82, 2.24) is 15.3 Å². The molecule has 1 aromatic carbocycles. The summed E-state index contributed by atoms with van der Waals surface area (Å²) < 4.78 is 5.38. The fraction of sp³-hybridized carbons (Fsp3) is 0.318. The van der Waals surface area contributed by atoms with E-state index < -0.39 is 5.97 Å². The van der Waals surface area contributed by atoms with Gasteiger partial charge in [0.15, 0.2) is 5.69 Å². The molecule has 1 aliphatic rings. The fourth-order valence-corrected chi connectivity index (χ4v) is 4.41. The molecule has 4 rings (SSSR count). The third-order valence-electron chi connectivity index (χ3n) is 5.67. The second kappa shape index (κ2) is 8.88. The lowest BCUT2D eigenvalue weighted by atomic mass is 10.0. The van der Waals surface area contributed by atoms with Crippen LogP contribution in [0.15, 0.2) is 24.3 Å². The van der Waals surface area contributed by atoms with Crippen LogP contribution in [-0.4, -0.2) is 53.2 Å². The average Bonchev–Trinajstić information content (AvgIpc) is 3.05. The van der Waals surface area contributed by atoms with E-state index in [0.29, 0.717) is 47.9 Å². The number of H-pyrrole nitrogens is 1. The first-order valence-electron chi connectivity index (χ1n) is 10.1. The van der Waals surface area contributed by atoms with E-state index in [1.165, 1.54) is 7.11 Å². The number of nitrogens with zero attached hydrogens (tertiary/aromatic N) is 2. The zero-order valence-corrected chi connectivity index (χ0v) is 19.0. The van der Waals surface area contributed by atoms with Gasteiger partial charge in [-0.2, -0.15) is 0 Å². The van der Waals surface area contributed by atoms with Crippen LogP contribution >= 0.6 is 23.2 Å². The molecule has 10 heteroatoms. The van der Waals surface area contributed by atoms with E-state index in [1.54, 1.807) is 19.1 Å². The molecule has 0 atom stereocenters. The van der Waals surface area contributed by atoms with Gasteiger partial charge in [0.2, 0.25) is 0 Å². The molecule has 3 N–H and O–H groups in total. The minimum Gasteiger partial charge on any atom is -0.494 e. The Labute approximate surface area is 194 Å². The molecule has 1 amide bonds. The van der Waals surface area contributed by atoms with Gasteiger partial charge in [-0.05, 0) is 31.9 Å². The number of anilines is 1. The van der Waals surface area contributed by atoms with Crippen molar-refractivity contribution in [3.05, 3.63) is 51.4 Å². The Morgan fingerprint density at radius 2 is 1.97 bits per heavy atom. The monoisotopic (exact) mass is 476 g/mol. The number of carboxylic acids is 1. The molecule has 1 aliphatic heterocycles. The summed E-state index contributed by atoms with van der Waals surface area (Å²) in [6.45, 7) is 3.03. The second-order valence-corrected chi connectivity index (χ2v) is 8.43. The number of nitrogens with one attached hydrogen (secondary N) is 2. The molecule has 3 aromatic rings. The van der Waals surface area contributed by atoms with Gasteiger partial charge in [0.05, 0.1) is 17.2 Å². The Kier molecular flexibility index (Phi) is 6.17. The van der Waals surface area contributed by atoms with Crippen LogP contribution < -0.4 is 15.0 Å².